The van der Waals surface area contributed by atoms with Gasteiger partial charge < -0.3 is 5.32 Å². The molecule has 1 unspecified atom stereocenters. The number of nitrogens with one attached hydrogen (secondary N) is 1. The summed E-state index contributed by atoms with van der Waals surface area (Å²) in [5.41, 5.74) is 1.27. The predicted octanol–water partition coefficient (Wildman–Crippen LogP) is 3.29. The molecule has 0 radical (unpaired) electrons. The Kier molecular flexibility index (Phi) is 3.76. The van der Waals surface area contributed by atoms with Crippen molar-refractivity contribution >= 4 is 11.3 Å². The van der Waals surface area contributed by atoms with Crippen LogP contribution in [0.2, 0.25) is 0 Å². The summed E-state index contributed by atoms with van der Waals surface area (Å²) in [7, 11) is 0. The summed E-state index contributed by atoms with van der Waals surface area (Å²) in [4.78, 5) is 4.63. The second-order valence-corrected chi connectivity index (χ2v) is 5.43. The number of hydrogen-bond acceptors (Lipinski definition) is 3. The van der Waals surface area contributed by atoms with E-state index in [4.69, 9.17) is 0 Å². The summed E-state index contributed by atoms with van der Waals surface area (Å²) in [5.74, 6) is 0.812. The third-order valence-electron chi connectivity index (χ3n) is 3.25. The maximum atomic E-state index is 4.63. The largest absolute Gasteiger partial charge is 0.309 e. The first-order valence-corrected chi connectivity index (χ1v) is 6.84. The number of aryl methyl sites for hydroxylation is 1. The summed E-state index contributed by atoms with van der Waals surface area (Å²) in [6.45, 7) is 5.31. The van der Waals surface area contributed by atoms with Gasteiger partial charge in [-0.2, -0.15) is 0 Å². The topological polar surface area (TPSA) is 24.9 Å². The average Bonchev–Trinajstić information content (AvgIpc) is 2.85. The molecule has 1 heterocycles. The van der Waals surface area contributed by atoms with Gasteiger partial charge in [-0.15, -0.1) is 11.3 Å². The van der Waals surface area contributed by atoms with Crippen molar-refractivity contribution in [2.75, 3.05) is 6.54 Å². The molecule has 1 aromatic heterocycles. The maximum absolute atomic E-state index is 4.63. The van der Waals surface area contributed by atoms with Gasteiger partial charge in [-0.25, -0.2) is 4.98 Å². The molecule has 1 aliphatic carbocycles. The number of hydrogen-bond donors (Lipinski definition) is 1. The standard InChI is InChI=1S/C12H20N2S/c1-3-13-12(10-6-4-5-7-10)11-8-15-9(2)14-11/h8,10,12-13H,3-7H2,1-2H3. The Balaban J connectivity index is 2.11. The highest BCUT2D eigenvalue weighted by Gasteiger charge is 2.26. The monoisotopic (exact) mass is 224 g/mol. The van der Waals surface area contributed by atoms with E-state index in [0.717, 1.165) is 12.5 Å². The minimum Gasteiger partial charge on any atom is -0.309 e. The molecule has 0 spiro atoms. The lowest BCUT2D eigenvalue weighted by molar-refractivity contribution is 0.368. The molecule has 2 nitrogen and oxygen atoms in total. The van der Waals surface area contributed by atoms with Gasteiger partial charge >= 0.3 is 0 Å². The predicted molar refractivity (Wildman–Crippen MR) is 65.2 cm³/mol. The molecule has 0 saturated heterocycles. The highest BCUT2D eigenvalue weighted by molar-refractivity contribution is 7.09. The van der Waals surface area contributed by atoms with Crippen molar-refractivity contribution < 1.29 is 0 Å². The molecule has 0 aromatic carbocycles. The van der Waals surface area contributed by atoms with Crippen LogP contribution in [0.4, 0.5) is 0 Å². The first-order valence-electron chi connectivity index (χ1n) is 5.96. The molecule has 1 N–H and O–H groups in total. The molecule has 1 aliphatic rings. The van der Waals surface area contributed by atoms with E-state index >= 15 is 0 Å². The molecule has 1 fully saturated rings. The van der Waals surface area contributed by atoms with E-state index in [1.54, 1.807) is 11.3 Å². The normalized spacial score (nSPS) is 19.6. The van der Waals surface area contributed by atoms with Crippen molar-refractivity contribution in [1.29, 1.82) is 0 Å². The third-order valence-corrected chi connectivity index (χ3v) is 4.04. The average molecular weight is 224 g/mol. The lowest BCUT2D eigenvalue weighted by atomic mass is 9.96. The van der Waals surface area contributed by atoms with Crippen molar-refractivity contribution in [3.05, 3.63) is 16.1 Å². The minimum atomic E-state index is 0.502. The van der Waals surface area contributed by atoms with Gasteiger partial charge in [0.2, 0.25) is 0 Å². The van der Waals surface area contributed by atoms with Crippen molar-refractivity contribution in [3.8, 4) is 0 Å². The minimum absolute atomic E-state index is 0.502. The highest BCUT2D eigenvalue weighted by Crippen LogP contribution is 2.35. The Morgan fingerprint density at radius 3 is 2.80 bits per heavy atom. The fourth-order valence-corrected chi connectivity index (χ4v) is 3.20. The number of rotatable bonds is 4. The summed E-state index contributed by atoms with van der Waals surface area (Å²) in [5, 5.41) is 7.01. The highest BCUT2D eigenvalue weighted by atomic mass is 32.1. The summed E-state index contributed by atoms with van der Waals surface area (Å²) < 4.78 is 0. The van der Waals surface area contributed by atoms with E-state index in [2.05, 4.69) is 29.5 Å². The molecule has 15 heavy (non-hydrogen) atoms. The number of nitrogens with zero attached hydrogens (tertiary/aromatic N) is 1. The Hall–Kier alpha value is -0.410. The fourth-order valence-electron chi connectivity index (χ4n) is 2.55. The van der Waals surface area contributed by atoms with Crippen LogP contribution in [0, 0.1) is 12.8 Å². The zero-order valence-electron chi connectivity index (χ0n) is 9.62. The van der Waals surface area contributed by atoms with Crippen LogP contribution in [0.15, 0.2) is 5.38 Å². The first kappa shape index (κ1) is 11.1. The van der Waals surface area contributed by atoms with Gasteiger partial charge in [0.15, 0.2) is 0 Å². The summed E-state index contributed by atoms with van der Waals surface area (Å²) >= 11 is 1.77. The van der Waals surface area contributed by atoms with Crippen LogP contribution in [0.25, 0.3) is 0 Å². The number of thiazole rings is 1. The van der Waals surface area contributed by atoms with Gasteiger partial charge in [0.1, 0.15) is 0 Å². The van der Waals surface area contributed by atoms with Gasteiger partial charge in [0.25, 0.3) is 0 Å². The Bertz CT molecular complexity index is 302. The fraction of sp³-hybridized carbons (Fsp3) is 0.750. The molecule has 84 valence electrons. The second-order valence-electron chi connectivity index (χ2n) is 4.37. The molecular formula is C12H20N2S. The quantitative estimate of drug-likeness (QED) is 0.849. The van der Waals surface area contributed by atoms with Crippen LogP contribution >= 0.6 is 11.3 Å². The summed E-state index contributed by atoms with van der Waals surface area (Å²) in [6, 6.07) is 0.502. The Morgan fingerprint density at radius 2 is 2.27 bits per heavy atom. The SMILES string of the molecule is CCNC(c1csc(C)n1)C1CCCC1. The molecule has 2 rings (SSSR count). The first-order chi connectivity index (χ1) is 7.31. The van der Waals surface area contributed by atoms with E-state index in [1.807, 2.05) is 0 Å². The molecule has 0 aliphatic heterocycles. The van der Waals surface area contributed by atoms with Gasteiger partial charge in [-0.3, -0.25) is 0 Å². The molecule has 1 saturated carbocycles. The van der Waals surface area contributed by atoms with Gasteiger partial charge in [-0.05, 0) is 32.2 Å². The van der Waals surface area contributed by atoms with Gasteiger partial charge in [0.05, 0.1) is 16.7 Å². The lowest BCUT2D eigenvalue weighted by Gasteiger charge is -2.22. The van der Waals surface area contributed by atoms with Crippen LogP contribution in [-0.4, -0.2) is 11.5 Å². The molecule has 1 aromatic rings. The van der Waals surface area contributed by atoms with E-state index in [-0.39, 0.29) is 0 Å². The van der Waals surface area contributed by atoms with E-state index in [0.29, 0.717) is 6.04 Å². The van der Waals surface area contributed by atoms with Crippen molar-refractivity contribution in [3.63, 3.8) is 0 Å². The lowest BCUT2D eigenvalue weighted by Crippen LogP contribution is -2.27. The zero-order chi connectivity index (χ0) is 10.7. The van der Waals surface area contributed by atoms with E-state index < -0.39 is 0 Å². The van der Waals surface area contributed by atoms with Gasteiger partial charge in [0, 0.05) is 5.38 Å². The molecule has 0 amide bonds. The van der Waals surface area contributed by atoms with E-state index in [1.165, 1.54) is 36.4 Å². The van der Waals surface area contributed by atoms with Crippen LogP contribution in [0.5, 0.6) is 0 Å². The van der Waals surface area contributed by atoms with Crippen LogP contribution in [-0.2, 0) is 0 Å². The summed E-state index contributed by atoms with van der Waals surface area (Å²) in [6.07, 6.45) is 5.54. The Morgan fingerprint density at radius 1 is 1.53 bits per heavy atom. The molecule has 3 heteroatoms. The van der Waals surface area contributed by atoms with Crippen molar-refractivity contribution in [2.24, 2.45) is 5.92 Å². The van der Waals surface area contributed by atoms with Crippen LogP contribution in [0.1, 0.15) is 49.4 Å². The zero-order valence-corrected chi connectivity index (χ0v) is 10.4. The van der Waals surface area contributed by atoms with Crippen LogP contribution < -0.4 is 5.32 Å². The van der Waals surface area contributed by atoms with Crippen molar-refractivity contribution in [1.82, 2.24) is 10.3 Å². The van der Waals surface area contributed by atoms with Gasteiger partial charge in [-0.1, -0.05) is 19.8 Å². The molecular weight excluding hydrogens is 204 g/mol. The maximum Gasteiger partial charge on any atom is 0.0898 e. The van der Waals surface area contributed by atoms with Crippen LogP contribution in [0.3, 0.4) is 0 Å². The molecule has 0 bridgehead atoms. The third kappa shape index (κ3) is 2.58. The number of aromatic nitrogens is 1. The Labute approximate surface area is 96.1 Å². The smallest absolute Gasteiger partial charge is 0.0898 e. The molecule has 1 atom stereocenters. The second kappa shape index (κ2) is 5.08. The van der Waals surface area contributed by atoms with E-state index in [9.17, 15) is 0 Å². The van der Waals surface area contributed by atoms with Crippen molar-refractivity contribution in [2.45, 2.75) is 45.6 Å².